The molecule has 0 atom stereocenters. The lowest BCUT2D eigenvalue weighted by Gasteiger charge is -2.22. The number of aromatic nitrogens is 2. The Morgan fingerprint density at radius 3 is 2.18 bits per heavy atom. The summed E-state index contributed by atoms with van der Waals surface area (Å²) in [4.78, 5) is 28.2. The first-order chi connectivity index (χ1) is 18.7. The van der Waals surface area contributed by atoms with Gasteiger partial charge in [0.05, 0.1) is 18.0 Å². The van der Waals surface area contributed by atoms with Crippen molar-refractivity contribution >= 4 is 17.6 Å². The van der Waals surface area contributed by atoms with Crippen molar-refractivity contribution in [3.05, 3.63) is 102 Å². The Kier molecular flexibility index (Phi) is 8.62. The number of rotatable bonds is 9. The van der Waals surface area contributed by atoms with Gasteiger partial charge < -0.3 is 15.0 Å². The van der Waals surface area contributed by atoms with Crippen LogP contribution in [0.15, 0.2) is 84.9 Å². The lowest BCUT2D eigenvalue weighted by molar-refractivity contribution is -0.117. The van der Waals surface area contributed by atoms with Gasteiger partial charge in [-0.1, -0.05) is 80.9 Å². The van der Waals surface area contributed by atoms with E-state index in [1.54, 1.807) is 23.9 Å². The Morgan fingerprint density at radius 1 is 0.923 bits per heavy atom. The zero-order chi connectivity index (χ0) is 28.0. The number of carbonyl (C=O) groups excluding carboxylic acids is 2. The van der Waals surface area contributed by atoms with Gasteiger partial charge in [0.25, 0.3) is 5.91 Å². The molecule has 4 aromatic rings. The van der Waals surface area contributed by atoms with Crippen molar-refractivity contribution in [1.82, 2.24) is 14.7 Å². The molecule has 2 amide bonds. The van der Waals surface area contributed by atoms with E-state index < -0.39 is 0 Å². The number of carbonyl (C=O) groups is 2. The summed E-state index contributed by atoms with van der Waals surface area (Å²) in [5.41, 5.74) is 5.23. The van der Waals surface area contributed by atoms with Crippen LogP contribution in [0.5, 0.6) is 0 Å². The largest absolute Gasteiger partial charge is 0.383 e. The number of benzene rings is 3. The second-order valence-electron chi connectivity index (χ2n) is 10.6. The van der Waals surface area contributed by atoms with Crippen LogP contribution in [-0.4, -0.2) is 53.3 Å². The van der Waals surface area contributed by atoms with Crippen LogP contribution < -0.4 is 5.32 Å². The van der Waals surface area contributed by atoms with E-state index in [0.29, 0.717) is 18.0 Å². The summed E-state index contributed by atoms with van der Waals surface area (Å²) in [5, 5.41) is 7.77. The van der Waals surface area contributed by atoms with Gasteiger partial charge in [-0.05, 0) is 42.3 Å². The minimum absolute atomic E-state index is 0.118. The Bertz CT molecular complexity index is 1400. The molecule has 0 aliphatic carbocycles. The van der Waals surface area contributed by atoms with E-state index in [1.165, 1.54) is 4.90 Å². The summed E-state index contributed by atoms with van der Waals surface area (Å²) in [6.45, 7) is 8.74. The quantitative estimate of drug-likeness (QED) is 0.297. The zero-order valence-corrected chi connectivity index (χ0v) is 23.3. The lowest BCUT2D eigenvalue weighted by atomic mass is 9.92. The van der Waals surface area contributed by atoms with Crippen molar-refractivity contribution in [2.75, 3.05) is 32.1 Å². The molecule has 0 aliphatic heterocycles. The number of nitrogens with one attached hydrogen (secondary N) is 1. The fourth-order valence-electron chi connectivity index (χ4n) is 4.15. The summed E-state index contributed by atoms with van der Waals surface area (Å²) in [7, 11) is 1.57. The maximum Gasteiger partial charge on any atom is 0.254 e. The van der Waals surface area contributed by atoms with E-state index in [9.17, 15) is 9.59 Å². The second-order valence-corrected chi connectivity index (χ2v) is 10.6. The minimum atomic E-state index is -0.311. The molecule has 0 saturated carbocycles. The number of amides is 2. The normalized spacial score (nSPS) is 11.3. The molecule has 1 aromatic heterocycles. The fourth-order valence-corrected chi connectivity index (χ4v) is 4.15. The third-order valence-corrected chi connectivity index (χ3v) is 6.45. The van der Waals surface area contributed by atoms with E-state index in [-0.39, 0.29) is 30.3 Å². The number of ether oxygens (including phenoxy) is 1. The topological polar surface area (TPSA) is 76.5 Å². The van der Waals surface area contributed by atoms with Crippen molar-refractivity contribution in [3.63, 3.8) is 0 Å². The highest BCUT2D eigenvalue weighted by Crippen LogP contribution is 2.26. The van der Waals surface area contributed by atoms with Crippen LogP contribution in [0.1, 0.15) is 42.4 Å². The second kappa shape index (κ2) is 12.1. The molecule has 4 rings (SSSR count). The van der Waals surface area contributed by atoms with E-state index >= 15 is 0 Å². The molecule has 202 valence electrons. The van der Waals surface area contributed by atoms with Crippen LogP contribution in [0, 0.1) is 6.92 Å². The molecule has 39 heavy (non-hydrogen) atoms. The highest BCUT2D eigenvalue weighted by atomic mass is 16.5. The molecule has 7 nitrogen and oxygen atoms in total. The highest BCUT2D eigenvalue weighted by molar-refractivity contribution is 5.99. The smallest absolute Gasteiger partial charge is 0.254 e. The van der Waals surface area contributed by atoms with Crippen LogP contribution in [0.3, 0.4) is 0 Å². The third kappa shape index (κ3) is 7.00. The van der Waals surface area contributed by atoms with Crippen LogP contribution in [0.4, 0.5) is 5.82 Å². The fraction of sp³-hybridized carbons (Fsp3) is 0.281. The molecule has 0 fully saturated rings. The van der Waals surface area contributed by atoms with Gasteiger partial charge in [-0.2, -0.15) is 5.10 Å². The first kappa shape index (κ1) is 27.8. The maximum atomic E-state index is 13.4. The number of hydrogen-bond acceptors (Lipinski definition) is 4. The van der Waals surface area contributed by atoms with Gasteiger partial charge >= 0.3 is 0 Å². The number of hydrogen-bond donors (Lipinski definition) is 1. The van der Waals surface area contributed by atoms with Crippen LogP contribution in [0.2, 0.25) is 0 Å². The maximum absolute atomic E-state index is 13.4. The monoisotopic (exact) mass is 524 g/mol. The molecule has 0 spiro atoms. The van der Waals surface area contributed by atoms with Gasteiger partial charge in [0.15, 0.2) is 0 Å². The number of nitrogens with zero attached hydrogens (tertiary/aromatic N) is 3. The molecule has 0 radical (unpaired) electrons. The van der Waals surface area contributed by atoms with Crippen LogP contribution >= 0.6 is 0 Å². The van der Waals surface area contributed by atoms with Crippen molar-refractivity contribution in [2.24, 2.45) is 0 Å². The molecule has 1 N–H and O–H groups in total. The summed E-state index contributed by atoms with van der Waals surface area (Å²) in [6.07, 6.45) is 0. The standard InChI is InChI=1S/C32H36N4O3/c1-23-11-17-27(18-12-23)36-29(21-28(34-36)32(2,3)4)33-30(37)22-35(19-20-39-5)31(38)26-15-13-25(14-16-26)24-9-7-6-8-10-24/h6-18,21H,19-20,22H2,1-5H3,(H,33,37). The Hall–Kier alpha value is -4.23. The summed E-state index contributed by atoms with van der Waals surface area (Å²) < 4.78 is 6.96. The predicted molar refractivity (Wildman–Crippen MR) is 155 cm³/mol. The first-order valence-corrected chi connectivity index (χ1v) is 13.1. The molecular formula is C32H36N4O3. The minimum Gasteiger partial charge on any atom is -0.383 e. The zero-order valence-electron chi connectivity index (χ0n) is 23.3. The molecule has 0 unspecified atom stereocenters. The summed E-state index contributed by atoms with van der Waals surface area (Å²) >= 11 is 0. The number of methoxy groups -OCH3 is 1. The van der Waals surface area contributed by atoms with E-state index in [0.717, 1.165) is 28.1 Å². The SMILES string of the molecule is COCCN(CC(=O)Nc1cc(C(C)(C)C)nn1-c1ccc(C)cc1)C(=O)c1ccc(-c2ccccc2)cc1. The average Bonchev–Trinajstić information content (AvgIpc) is 3.36. The van der Waals surface area contributed by atoms with Gasteiger partial charge in [0.2, 0.25) is 5.91 Å². The molecular weight excluding hydrogens is 488 g/mol. The molecule has 0 aliphatic rings. The summed E-state index contributed by atoms with van der Waals surface area (Å²) in [5.74, 6) is 0.0125. The van der Waals surface area contributed by atoms with E-state index in [4.69, 9.17) is 9.84 Å². The lowest BCUT2D eigenvalue weighted by Crippen LogP contribution is -2.40. The first-order valence-electron chi connectivity index (χ1n) is 13.1. The van der Waals surface area contributed by atoms with Crippen molar-refractivity contribution in [3.8, 4) is 16.8 Å². The van der Waals surface area contributed by atoms with Gasteiger partial charge in [0.1, 0.15) is 12.4 Å². The van der Waals surface area contributed by atoms with E-state index in [2.05, 4.69) is 26.1 Å². The molecule has 0 saturated heterocycles. The van der Waals surface area contributed by atoms with Crippen LogP contribution in [0.25, 0.3) is 16.8 Å². The molecule has 3 aromatic carbocycles. The van der Waals surface area contributed by atoms with Gasteiger partial charge in [0, 0.05) is 30.7 Å². The van der Waals surface area contributed by atoms with Gasteiger partial charge in [-0.15, -0.1) is 0 Å². The van der Waals surface area contributed by atoms with Gasteiger partial charge in [-0.3, -0.25) is 9.59 Å². The van der Waals surface area contributed by atoms with E-state index in [1.807, 2.05) is 79.7 Å². The molecule has 0 bridgehead atoms. The van der Waals surface area contributed by atoms with Gasteiger partial charge in [-0.25, -0.2) is 4.68 Å². The number of aryl methyl sites for hydroxylation is 1. The highest BCUT2D eigenvalue weighted by Gasteiger charge is 2.23. The third-order valence-electron chi connectivity index (χ3n) is 6.45. The Morgan fingerprint density at radius 2 is 1.56 bits per heavy atom. The van der Waals surface area contributed by atoms with Crippen LogP contribution in [-0.2, 0) is 14.9 Å². The number of anilines is 1. The summed E-state index contributed by atoms with van der Waals surface area (Å²) in [6, 6.07) is 27.3. The van der Waals surface area contributed by atoms with Crippen molar-refractivity contribution in [1.29, 1.82) is 0 Å². The predicted octanol–water partition coefficient (Wildman–Crippen LogP) is 5.87. The molecule has 1 heterocycles. The Labute approximate surface area is 230 Å². The average molecular weight is 525 g/mol. The van der Waals surface area contributed by atoms with Crippen molar-refractivity contribution in [2.45, 2.75) is 33.1 Å². The molecule has 7 heteroatoms. The Balaban J connectivity index is 1.54. The van der Waals surface area contributed by atoms with Crippen molar-refractivity contribution < 1.29 is 14.3 Å².